The largest absolute Gasteiger partial charge is 0.295 e. The van der Waals surface area contributed by atoms with Crippen LogP contribution in [0.1, 0.15) is 93.6 Å². The van der Waals surface area contributed by atoms with Crippen LogP contribution in [0.3, 0.4) is 0 Å². The van der Waals surface area contributed by atoms with E-state index in [0.29, 0.717) is 17.4 Å². The predicted octanol–water partition coefficient (Wildman–Crippen LogP) is 9.94. The van der Waals surface area contributed by atoms with E-state index >= 15 is 0 Å². The van der Waals surface area contributed by atoms with Gasteiger partial charge in [-0.05, 0) is 97.4 Å². The molecule has 174 valence electrons. The monoisotopic (exact) mass is 536 g/mol. The summed E-state index contributed by atoms with van der Waals surface area (Å²) in [4.78, 5) is 11.2. The maximum atomic E-state index is 11.2. The Kier molecular flexibility index (Phi) is 8.92. The number of carbonyl (C=O) groups excluding carboxylic acids is 1. The number of hydrogen-bond acceptors (Lipinski definition) is 1. The third-order valence-corrected chi connectivity index (χ3v) is 8.63. The molecular weight excluding hydrogens is 503 g/mol. The number of rotatable bonds is 5. The van der Waals surface area contributed by atoms with Crippen molar-refractivity contribution in [3.8, 4) is 0 Å². The summed E-state index contributed by atoms with van der Waals surface area (Å²) in [5, 5.41) is 1.67. The zero-order chi connectivity index (χ0) is 23.6. The second-order valence-electron chi connectivity index (χ2n) is 10.3. The first kappa shape index (κ1) is 25.8. The summed E-state index contributed by atoms with van der Waals surface area (Å²) in [6.07, 6.45) is 5.08. The van der Waals surface area contributed by atoms with Crippen molar-refractivity contribution in [1.82, 2.24) is 0 Å². The van der Waals surface area contributed by atoms with E-state index in [9.17, 15) is 4.79 Å². The molecule has 2 fully saturated rings. The minimum Gasteiger partial charge on any atom is -0.295 e. The number of halogens is 3. The van der Waals surface area contributed by atoms with Crippen LogP contribution < -0.4 is 0 Å². The standard InChI is InChI=1S/C15H19ClO.C13H16BrCl/c1-9(2)12-6-13(7-12)14-5-4-11(10(3)17)8-15(14)16;1-8(2)9-5-10(6-9)12-4-3-11(14)7-13(12)15/h4-5,8-9,12-13H,6-7H2,1-3H3;3-4,7-10H,5-6H2,1-2H3. The van der Waals surface area contributed by atoms with Gasteiger partial charge in [-0.3, -0.25) is 4.79 Å². The van der Waals surface area contributed by atoms with E-state index in [4.69, 9.17) is 23.2 Å². The van der Waals surface area contributed by atoms with Crippen LogP contribution in [0.2, 0.25) is 10.0 Å². The minimum atomic E-state index is 0.0760. The van der Waals surface area contributed by atoms with E-state index in [-0.39, 0.29) is 5.78 Å². The average Bonchev–Trinajstić information content (AvgIpc) is 2.62. The summed E-state index contributed by atoms with van der Waals surface area (Å²) in [5.74, 6) is 4.68. The fraction of sp³-hybridized carbons (Fsp3) is 0.536. The highest BCUT2D eigenvalue weighted by molar-refractivity contribution is 9.10. The Balaban J connectivity index is 0.000000182. The lowest BCUT2D eigenvalue weighted by Crippen LogP contribution is -2.26. The van der Waals surface area contributed by atoms with Gasteiger partial charge in [-0.2, -0.15) is 0 Å². The van der Waals surface area contributed by atoms with Crippen LogP contribution in [-0.4, -0.2) is 5.78 Å². The molecule has 0 atom stereocenters. The van der Waals surface area contributed by atoms with Gasteiger partial charge in [0, 0.05) is 20.1 Å². The summed E-state index contributed by atoms with van der Waals surface area (Å²) >= 11 is 15.9. The lowest BCUT2D eigenvalue weighted by atomic mass is 9.67. The average molecular weight is 538 g/mol. The highest BCUT2D eigenvalue weighted by atomic mass is 79.9. The van der Waals surface area contributed by atoms with Crippen LogP contribution in [0.4, 0.5) is 0 Å². The molecule has 32 heavy (non-hydrogen) atoms. The molecule has 0 heterocycles. The Labute approximate surface area is 212 Å². The molecule has 0 bridgehead atoms. The topological polar surface area (TPSA) is 17.1 Å². The Hall–Kier alpha value is -0.830. The molecule has 2 aliphatic carbocycles. The summed E-state index contributed by atoms with van der Waals surface area (Å²) in [7, 11) is 0. The first-order valence-electron chi connectivity index (χ1n) is 11.8. The molecule has 1 nitrogen and oxygen atoms in total. The zero-order valence-electron chi connectivity index (χ0n) is 19.8. The molecule has 0 N–H and O–H groups in total. The van der Waals surface area contributed by atoms with E-state index in [1.807, 2.05) is 24.3 Å². The van der Waals surface area contributed by atoms with E-state index in [0.717, 1.165) is 38.2 Å². The third-order valence-electron chi connectivity index (χ3n) is 7.48. The molecule has 0 aromatic heterocycles. The van der Waals surface area contributed by atoms with Crippen LogP contribution in [0.25, 0.3) is 0 Å². The van der Waals surface area contributed by atoms with Crippen molar-refractivity contribution in [3.05, 3.63) is 67.6 Å². The van der Waals surface area contributed by atoms with Crippen molar-refractivity contribution in [3.63, 3.8) is 0 Å². The zero-order valence-corrected chi connectivity index (χ0v) is 22.9. The van der Waals surface area contributed by atoms with Gasteiger partial charge in [-0.15, -0.1) is 0 Å². The highest BCUT2D eigenvalue weighted by Crippen LogP contribution is 2.48. The lowest BCUT2D eigenvalue weighted by Gasteiger charge is -2.38. The van der Waals surface area contributed by atoms with Gasteiger partial charge >= 0.3 is 0 Å². The summed E-state index contributed by atoms with van der Waals surface area (Å²) in [6.45, 7) is 10.8. The second kappa shape index (κ2) is 11.1. The predicted molar refractivity (Wildman–Crippen MR) is 141 cm³/mol. The van der Waals surface area contributed by atoms with Gasteiger partial charge in [-0.25, -0.2) is 0 Å². The molecule has 2 saturated carbocycles. The number of carbonyl (C=O) groups is 1. The Morgan fingerprint density at radius 2 is 1.25 bits per heavy atom. The lowest BCUT2D eigenvalue weighted by molar-refractivity contribution is 0.101. The fourth-order valence-electron chi connectivity index (χ4n) is 4.83. The molecule has 2 aromatic rings. The molecule has 0 amide bonds. The van der Waals surface area contributed by atoms with Crippen LogP contribution in [0.15, 0.2) is 40.9 Å². The smallest absolute Gasteiger partial charge is 0.159 e. The van der Waals surface area contributed by atoms with Crippen LogP contribution >= 0.6 is 39.1 Å². The molecular formula is C28H35BrCl2O. The van der Waals surface area contributed by atoms with Gasteiger partial charge in [0.1, 0.15) is 0 Å². The third kappa shape index (κ3) is 6.19. The maximum Gasteiger partial charge on any atom is 0.159 e. The molecule has 0 saturated heterocycles. The summed E-state index contributed by atoms with van der Waals surface area (Å²) in [5.41, 5.74) is 3.25. The van der Waals surface area contributed by atoms with Gasteiger partial charge in [0.15, 0.2) is 5.78 Å². The van der Waals surface area contributed by atoms with Gasteiger partial charge in [0.2, 0.25) is 0 Å². The number of benzene rings is 2. The first-order chi connectivity index (χ1) is 15.1. The van der Waals surface area contributed by atoms with Crippen LogP contribution in [-0.2, 0) is 0 Å². The van der Waals surface area contributed by atoms with Crippen molar-refractivity contribution in [1.29, 1.82) is 0 Å². The second-order valence-corrected chi connectivity index (χ2v) is 12.0. The van der Waals surface area contributed by atoms with E-state index in [2.05, 4.69) is 55.8 Å². The van der Waals surface area contributed by atoms with E-state index in [1.54, 1.807) is 6.92 Å². The van der Waals surface area contributed by atoms with E-state index in [1.165, 1.54) is 36.8 Å². The normalized spacial score (nSPS) is 24.4. The van der Waals surface area contributed by atoms with Crippen molar-refractivity contribution in [2.45, 2.75) is 72.1 Å². The van der Waals surface area contributed by atoms with Crippen LogP contribution in [0, 0.1) is 23.7 Å². The molecule has 0 spiro atoms. The quantitative estimate of drug-likeness (QED) is 0.346. The van der Waals surface area contributed by atoms with Crippen molar-refractivity contribution in [2.75, 3.05) is 0 Å². The van der Waals surface area contributed by atoms with Gasteiger partial charge in [0.05, 0.1) is 0 Å². The summed E-state index contributed by atoms with van der Waals surface area (Å²) in [6, 6.07) is 12.0. The molecule has 0 radical (unpaired) electrons. The first-order valence-corrected chi connectivity index (χ1v) is 13.4. The summed E-state index contributed by atoms with van der Waals surface area (Å²) < 4.78 is 1.07. The molecule has 4 heteroatoms. The van der Waals surface area contributed by atoms with Gasteiger partial charge in [0.25, 0.3) is 0 Å². The fourth-order valence-corrected chi connectivity index (χ4v) is 5.99. The molecule has 2 aliphatic rings. The molecule has 2 aromatic carbocycles. The maximum absolute atomic E-state index is 11.2. The molecule has 0 unspecified atom stereocenters. The Morgan fingerprint density at radius 1 is 0.812 bits per heavy atom. The molecule has 4 rings (SSSR count). The molecule has 0 aliphatic heterocycles. The Bertz CT molecular complexity index is 940. The van der Waals surface area contributed by atoms with Gasteiger partial charge in [-0.1, -0.05) is 85.0 Å². The number of Topliss-reactive ketones (excluding diaryl/α,β-unsaturated/α-hetero) is 1. The highest BCUT2D eigenvalue weighted by Gasteiger charge is 2.34. The number of ketones is 1. The van der Waals surface area contributed by atoms with Crippen molar-refractivity contribution in [2.24, 2.45) is 23.7 Å². The van der Waals surface area contributed by atoms with Crippen LogP contribution in [0.5, 0.6) is 0 Å². The van der Waals surface area contributed by atoms with Gasteiger partial charge < -0.3 is 0 Å². The van der Waals surface area contributed by atoms with Crippen molar-refractivity contribution >= 4 is 44.9 Å². The van der Waals surface area contributed by atoms with Crippen molar-refractivity contribution < 1.29 is 4.79 Å². The minimum absolute atomic E-state index is 0.0760. The number of hydrogen-bond donors (Lipinski definition) is 0. The van der Waals surface area contributed by atoms with E-state index < -0.39 is 0 Å². The Morgan fingerprint density at radius 3 is 1.62 bits per heavy atom. The SMILES string of the molecule is CC(=O)c1ccc(C2CC(C(C)C)C2)c(Cl)c1.CC(C)C1CC(c2ccc(Br)cc2Cl)C1.